The Balaban J connectivity index is 3.02. The minimum absolute atomic E-state index is 0.128. The molecule has 0 aromatic carbocycles. The van der Waals surface area contributed by atoms with Crippen LogP contribution in [0.1, 0.15) is 32.2 Å². The molecule has 3 heteroatoms. The summed E-state index contributed by atoms with van der Waals surface area (Å²) in [7, 11) is 0. The van der Waals surface area contributed by atoms with E-state index in [1.165, 1.54) is 0 Å². The van der Waals surface area contributed by atoms with Crippen LogP contribution in [0.2, 0.25) is 0 Å². The highest BCUT2D eigenvalue weighted by atomic mass is 127. The molecule has 1 aromatic heterocycles. The maximum absolute atomic E-state index is 4.24. The fourth-order valence-corrected chi connectivity index (χ4v) is 1.30. The van der Waals surface area contributed by atoms with E-state index in [0.29, 0.717) is 0 Å². The van der Waals surface area contributed by atoms with Gasteiger partial charge in [-0.3, -0.25) is 0 Å². The summed E-state index contributed by atoms with van der Waals surface area (Å²) in [6, 6.07) is 2.08. The van der Waals surface area contributed by atoms with Gasteiger partial charge in [-0.15, -0.1) is 0 Å². The Morgan fingerprint density at radius 2 is 2.00 bits per heavy atom. The van der Waals surface area contributed by atoms with Gasteiger partial charge in [-0.05, 0) is 6.07 Å². The topological polar surface area (TPSA) is 25.8 Å². The molecule has 12 heavy (non-hydrogen) atoms. The van der Waals surface area contributed by atoms with Gasteiger partial charge in [0.05, 0.1) is 5.69 Å². The van der Waals surface area contributed by atoms with Crippen LogP contribution in [0.5, 0.6) is 0 Å². The predicted molar refractivity (Wildman–Crippen MR) is 58.5 cm³/mol. The van der Waals surface area contributed by atoms with Crippen LogP contribution >= 0.6 is 22.6 Å². The first-order valence-electron chi connectivity index (χ1n) is 3.91. The second-order valence-electron chi connectivity index (χ2n) is 3.78. The fourth-order valence-electron chi connectivity index (χ4n) is 0.881. The molecule has 0 aliphatic rings. The molecule has 0 N–H and O–H groups in total. The minimum Gasteiger partial charge on any atom is -0.241 e. The van der Waals surface area contributed by atoms with Gasteiger partial charge < -0.3 is 0 Å². The van der Waals surface area contributed by atoms with Gasteiger partial charge in [0, 0.05) is 15.5 Å². The van der Waals surface area contributed by atoms with Gasteiger partial charge in [0.15, 0.2) is 0 Å². The van der Waals surface area contributed by atoms with Crippen molar-refractivity contribution in [2.24, 2.45) is 0 Å². The average Bonchev–Trinajstić information content (AvgIpc) is 2.03. The summed E-state index contributed by atoms with van der Waals surface area (Å²) < 4.78 is 0.948. The van der Waals surface area contributed by atoms with E-state index < -0.39 is 0 Å². The number of alkyl halides is 1. The Bertz CT molecular complexity index is 265. The van der Waals surface area contributed by atoms with Crippen LogP contribution in [0.15, 0.2) is 12.4 Å². The second kappa shape index (κ2) is 3.68. The Kier molecular flexibility index (Phi) is 3.04. The summed E-state index contributed by atoms with van der Waals surface area (Å²) in [6.07, 6.45) is 1.65. The number of nitrogens with zero attached hydrogens (tertiary/aromatic N) is 2. The van der Waals surface area contributed by atoms with Crippen LogP contribution in [-0.4, -0.2) is 9.97 Å². The number of halogens is 1. The van der Waals surface area contributed by atoms with E-state index in [-0.39, 0.29) is 5.41 Å². The zero-order valence-electron chi connectivity index (χ0n) is 7.63. The highest BCUT2D eigenvalue weighted by molar-refractivity contribution is 14.1. The lowest BCUT2D eigenvalue weighted by Gasteiger charge is -2.17. The third-order valence-electron chi connectivity index (χ3n) is 1.63. The molecule has 0 bridgehead atoms. The Morgan fingerprint density at radius 1 is 1.33 bits per heavy atom. The first-order chi connectivity index (χ1) is 5.54. The van der Waals surface area contributed by atoms with Crippen molar-refractivity contribution in [2.75, 3.05) is 0 Å². The minimum atomic E-state index is 0.128. The van der Waals surface area contributed by atoms with E-state index in [4.69, 9.17) is 0 Å². The standard InChI is InChI=1S/C9H13IN2/c1-9(2,3)8-4-7(5-10)11-6-12-8/h4,6H,5H2,1-3H3. The van der Waals surface area contributed by atoms with Crippen molar-refractivity contribution in [3.05, 3.63) is 23.8 Å². The van der Waals surface area contributed by atoms with Crippen molar-refractivity contribution in [1.82, 2.24) is 9.97 Å². The Labute approximate surface area is 87.0 Å². The van der Waals surface area contributed by atoms with E-state index in [9.17, 15) is 0 Å². The molecule has 0 fully saturated rings. The van der Waals surface area contributed by atoms with Gasteiger partial charge >= 0.3 is 0 Å². The zero-order chi connectivity index (χ0) is 9.19. The highest BCUT2D eigenvalue weighted by Gasteiger charge is 2.15. The van der Waals surface area contributed by atoms with Crippen LogP contribution in [0.4, 0.5) is 0 Å². The number of hydrogen-bond acceptors (Lipinski definition) is 2. The molecule has 66 valence electrons. The van der Waals surface area contributed by atoms with Gasteiger partial charge in [0.2, 0.25) is 0 Å². The number of aromatic nitrogens is 2. The first kappa shape index (κ1) is 9.89. The van der Waals surface area contributed by atoms with Gasteiger partial charge in [-0.2, -0.15) is 0 Å². The lowest BCUT2D eigenvalue weighted by atomic mass is 9.92. The molecular weight excluding hydrogens is 263 g/mol. The molecular formula is C9H13IN2. The molecule has 0 aliphatic carbocycles. The van der Waals surface area contributed by atoms with E-state index in [0.717, 1.165) is 15.8 Å². The summed E-state index contributed by atoms with van der Waals surface area (Å²) in [5.74, 6) is 0. The predicted octanol–water partition coefficient (Wildman–Crippen LogP) is 2.71. The van der Waals surface area contributed by atoms with Crippen LogP contribution in [-0.2, 0) is 9.84 Å². The quantitative estimate of drug-likeness (QED) is 0.582. The van der Waals surface area contributed by atoms with Crippen molar-refractivity contribution < 1.29 is 0 Å². The highest BCUT2D eigenvalue weighted by Crippen LogP contribution is 2.20. The molecule has 0 unspecified atom stereocenters. The Hall–Kier alpha value is -0.190. The van der Waals surface area contributed by atoms with E-state index in [1.807, 2.05) is 0 Å². The molecule has 2 nitrogen and oxygen atoms in total. The molecule has 0 radical (unpaired) electrons. The molecule has 0 saturated heterocycles. The Morgan fingerprint density at radius 3 is 2.50 bits per heavy atom. The summed E-state index contributed by atoms with van der Waals surface area (Å²) in [6.45, 7) is 6.48. The van der Waals surface area contributed by atoms with Crippen molar-refractivity contribution >= 4 is 22.6 Å². The molecule has 1 aromatic rings. The van der Waals surface area contributed by atoms with Gasteiger partial charge in [0.1, 0.15) is 6.33 Å². The van der Waals surface area contributed by atoms with E-state index >= 15 is 0 Å². The lowest BCUT2D eigenvalue weighted by molar-refractivity contribution is 0.565. The first-order valence-corrected chi connectivity index (χ1v) is 5.44. The maximum atomic E-state index is 4.24. The summed E-state index contributed by atoms with van der Waals surface area (Å²) in [5.41, 5.74) is 2.35. The van der Waals surface area contributed by atoms with Crippen molar-refractivity contribution in [1.29, 1.82) is 0 Å². The SMILES string of the molecule is CC(C)(C)c1cc(CI)ncn1. The molecule has 0 atom stereocenters. The van der Waals surface area contributed by atoms with Gasteiger partial charge in [-0.25, -0.2) is 9.97 Å². The lowest BCUT2D eigenvalue weighted by Crippen LogP contribution is -2.14. The smallest absolute Gasteiger partial charge is 0.115 e. The van der Waals surface area contributed by atoms with Crippen LogP contribution in [0.25, 0.3) is 0 Å². The third kappa shape index (κ3) is 2.40. The maximum Gasteiger partial charge on any atom is 0.115 e. The fraction of sp³-hybridized carbons (Fsp3) is 0.556. The summed E-state index contributed by atoms with van der Waals surface area (Å²) >= 11 is 2.31. The molecule has 0 spiro atoms. The van der Waals surface area contributed by atoms with Crippen LogP contribution in [0, 0.1) is 0 Å². The molecule has 0 saturated carbocycles. The zero-order valence-corrected chi connectivity index (χ0v) is 9.79. The summed E-state index contributed by atoms with van der Waals surface area (Å²) in [4.78, 5) is 8.40. The van der Waals surface area contributed by atoms with Gasteiger partial charge in [-0.1, -0.05) is 43.4 Å². The van der Waals surface area contributed by atoms with Crippen LogP contribution < -0.4 is 0 Å². The molecule has 1 rings (SSSR count). The second-order valence-corrected chi connectivity index (χ2v) is 4.54. The third-order valence-corrected chi connectivity index (χ3v) is 2.41. The van der Waals surface area contributed by atoms with E-state index in [2.05, 4.69) is 59.4 Å². The monoisotopic (exact) mass is 276 g/mol. The molecule has 1 heterocycles. The van der Waals surface area contributed by atoms with E-state index in [1.54, 1.807) is 6.33 Å². The largest absolute Gasteiger partial charge is 0.241 e. The van der Waals surface area contributed by atoms with Crippen molar-refractivity contribution in [3.8, 4) is 0 Å². The molecule has 0 aliphatic heterocycles. The number of hydrogen-bond donors (Lipinski definition) is 0. The van der Waals surface area contributed by atoms with Gasteiger partial charge in [0.25, 0.3) is 0 Å². The van der Waals surface area contributed by atoms with Crippen molar-refractivity contribution in [2.45, 2.75) is 30.6 Å². The normalized spacial score (nSPS) is 11.7. The van der Waals surface area contributed by atoms with Crippen LogP contribution in [0.3, 0.4) is 0 Å². The van der Waals surface area contributed by atoms with Crippen molar-refractivity contribution in [3.63, 3.8) is 0 Å². The summed E-state index contributed by atoms with van der Waals surface area (Å²) in [5, 5.41) is 0. The average molecular weight is 276 g/mol. The molecule has 0 amide bonds. The number of rotatable bonds is 1.